The Morgan fingerprint density at radius 3 is 2.04 bits per heavy atom. The fraction of sp³-hybridized carbons (Fsp3) is 0.0909. The Morgan fingerprint density at radius 1 is 0.846 bits per heavy atom. The normalized spacial score (nSPS) is 15.7. The van der Waals surface area contributed by atoms with E-state index >= 15 is 0 Å². The molecule has 1 nitrogen and oxygen atoms in total. The molecule has 0 amide bonds. The fourth-order valence-electron chi connectivity index (χ4n) is 2.98. The predicted molar refractivity (Wildman–Crippen MR) is 96.0 cm³/mol. The van der Waals surface area contributed by atoms with Gasteiger partial charge in [0.2, 0.25) is 0 Å². The third kappa shape index (κ3) is 2.93. The Hall–Kier alpha value is -2.85. The fourth-order valence-corrected chi connectivity index (χ4v) is 2.98. The third-order valence-corrected chi connectivity index (χ3v) is 4.54. The molecule has 1 atom stereocenters. The van der Waals surface area contributed by atoms with Crippen molar-refractivity contribution >= 4 is 6.08 Å². The molecule has 26 heavy (non-hydrogen) atoms. The van der Waals surface area contributed by atoms with Crippen molar-refractivity contribution < 1.29 is 17.9 Å². The van der Waals surface area contributed by atoms with Crippen LogP contribution in [0.4, 0.5) is 13.2 Å². The molecule has 4 rings (SSSR count). The first-order valence-corrected chi connectivity index (χ1v) is 8.21. The van der Waals surface area contributed by atoms with Gasteiger partial charge >= 0.3 is 0 Å². The first-order chi connectivity index (χ1) is 12.6. The van der Waals surface area contributed by atoms with E-state index < -0.39 is 11.6 Å². The second kappa shape index (κ2) is 6.46. The Labute approximate surface area is 149 Å². The lowest BCUT2D eigenvalue weighted by Crippen LogP contribution is -1.93. The van der Waals surface area contributed by atoms with Crippen molar-refractivity contribution in [2.24, 2.45) is 0 Å². The number of hydrogen-bond acceptors (Lipinski definition) is 1. The zero-order valence-electron chi connectivity index (χ0n) is 13.8. The molecular formula is C22H15F3O. The molecule has 1 unspecified atom stereocenters. The summed E-state index contributed by atoms with van der Waals surface area (Å²) in [6.07, 6.45) is 1.27. The Balaban J connectivity index is 1.67. The zero-order valence-corrected chi connectivity index (χ0v) is 13.8. The second-order valence-corrected chi connectivity index (χ2v) is 6.17. The number of ether oxygens (including phenoxy) is 1. The molecule has 3 aromatic rings. The van der Waals surface area contributed by atoms with Crippen LogP contribution < -0.4 is 0 Å². The lowest BCUT2D eigenvalue weighted by molar-refractivity contribution is 0.415. The van der Waals surface area contributed by atoms with E-state index in [0.717, 1.165) is 5.56 Å². The highest BCUT2D eigenvalue weighted by Gasteiger charge is 2.25. The summed E-state index contributed by atoms with van der Waals surface area (Å²) in [5, 5.41) is 0. The maximum atomic E-state index is 14.4. The van der Waals surface area contributed by atoms with E-state index in [1.807, 2.05) is 6.07 Å². The highest BCUT2D eigenvalue weighted by molar-refractivity contribution is 5.72. The van der Waals surface area contributed by atoms with Crippen molar-refractivity contribution in [3.63, 3.8) is 0 Å². The zero-order chi connectivity index (χ0) is 18.3. The SMILES string of the molecule is C=Cc1ccc(-c2ccc(-c3ccc(C4CO4)cc3F)cc2)c(F)c1F. The summed E-state index contributed by atoms with van der Waals surface area (Å²) in [6, 6.07) is 14.7. The van der Waals surface area contributed by atoms with Gasteiger partial charge in [-0.25, -0.2) is 13.2 Å². The highest BCUT2D eigenvalue weighted by Crippen LogP contribution is 2.34. The molecule has 1 aliphatic rings. The molecule has 1 fully saturated rings. The van der Waals surface area contributed by atoms with Crippen LogP contribution in [0.1, 0.15) is 17.2 Å². The maximum Gasteiger partial charge on any atom is 0.167 e. The van der Waals surface area contributed by atoms with Crippen molar-refractivity contribution in [3.8, 4) is 22.3 Å². The van der Waals surface area contributed by atoms with E-state index in [2.05, 4.69) is 6.58 Å². The lowest BCUT2D eigenvalue weighted by atomic mass is 9.97. The minimum atomic E-state index is -0.925. The minimum Gasteiger partial charge on any atom is -0.368 e. The molecule has 4 heteroatoms. The van der Waals surface area contributed by atoms with Crippen molar-refractivity contribution in [1.82, 2.24) is 0 Å². The summed E-state index contributed by atoms with van der Waals surface area (Å²) in [4.78, 5) is 0. The average molecular weight is 352 g/mol. The Morgan fingerprint density at radius 2 is 1.46 bits per heavy atom. The summed E-state index contributed by atoms with van der Waals surface area (Å²) < 4.78 is 47.7. The molecule has 0 bridgehead atoms. The van der Waals surface area contributed by atoms with Gasteiger partial charge in [-0.1, -0.05) is 61.2 Å². The van der Waals surface area contributed by atoms with Crippen LogP contribution >= 0.6 is 0 Å². The molecule has 0 aliphatic carbocycles. The molecule has 0 spiro atoms. The number of halogens is 3. The first kappa shape index (κ1) is 16.6. The molecular weight excluding hydrogens is 337 g/mol. The van der Waals surface area contributed by atoms with E-state index in [1.54, 1.807) is 30.3 Å². The largest absolute Gasteiger partial charge is 0.368 e. The molecule has 3 aromatic carbocycles. The third-order valence-electron chi connectivity index (χ3n) is 4.54. The van der Waals surface area contributed by atoms with Gasteiger partial charge in [-0.2, -0.15) is 0 Å². The predicted octanol–water partition coefficient (Wildman–Crippen LogP) is 6.15. The quantitative estimate of drug-likeness (QED) is 0.513. The van der Waals surface area contributed by atoms with Gasteiger partial charge in [-0.3, -0.25) is 0 Å². The van der Waals surface area contributed by atoms with Crippen LogP contribution in [0.5, 0.6) is 0 Å². The van der Waals surface area contributed by atoms with Crippen LogP contribution in [0.2, 0.25) is 0 Å². The second-order valence-electron chi connectivity index (χ2n) is 6.17. The number of hydrogen-bond donors (Lipinski definition) is 0. The van der Waals surface area contributed by atoms with Gasteiger partial charge < -0.3 is 4.74 Å². The van der Waals surface area contributed by atoms with Crippen LogP contribution in [0.25, 0.3) is 28.3 Å². The molecule has 1 saturated heterocycles. The van der Waals surface area contributed by atoms with E-state index in [-0.39, 0.29) is 23.0 Å². The van der Waals surface area contributed by atoms with Crippen LogP contribution in [0.3, 0.4) is 0 Å². The van der Waals surface area contributed by atoms with Gasteiger partial charge in [0.1, 0.15) is 11.9 Å². The number of benzene rings is 3. The molecule has 0 N–H and O–H groups in total. The van der Waals surface area contributed by atoms with E-state index in [1.165, 1.54) is 24.3 Å². The van der Waals surface area contributed by atoms with Crippen LogP contribution in [0, 0.1) is 17.5 Å². The summed E-state index contributed by atoms with van der Waals surface area (Å²) in [5.41, 5.74) is 2.73. The smallest absolute Gasteiger partial charge is 0.167 e. The van der Waals surface area contributed by atoms with Gasteiger partial charge in [0.25, 0.3) is 0 Å². The van der Waals surface area contributed by atoms with Crippen molar-refractivity contribution in [1.29, 1.82) is 0 Å². The summed E-state index contributed by atoms with van der Waals surface area (Å²) >= 11 is 0. The monoisotopic (exact) mass is 352 g/mol. The highest BCUT2D eigenvalue weighted by atomic mass is 19.2. The van der Waals surface area contributed by atoms with Crippen LogP contribution in [-0.2, 0) is 4.74 Å². The van der Waals surface area contributed by atoms with Crippen molar-refractivity contribution in [3.05, 3.63) is 89.8 Å². The summed E-state index contributed by atoms with van der Waals surface area (Å²) in [5.74, 6) is -2.18. The van der Waals surface area contributed by atoms with Crippen molar-refractivity contribution in [2.75, 3.05) is 6.61 Å². The standard InChI is InChI=1S/C22H15F3O/c1-2-13-7-10-18(22(25)21(13)24)15-5-3-14(4-6-15)17-9-8-16(11-19(17)23)20-12-26-20/h2-11,20H,1,12H2. The van der Waals surface area contributed by atoms with Gasteiger partial charge in [-0.15, -0.1) is 0 Å². The molecule has 1 heterocycles. The molecule has 130 valence electrons. The van der Waals surface area contributed by atoms with Gasteiger partial charge in [-0.05, 0) is 22.8 Å². The Bertz CT molecular complexity index is 989. The van der Waals surface area contributed by atoms with Gasteiger partial charge in [0, 0.05) is 16.7 Å². The topological polar surface area (TPSA) is 12.5 Å². The molecule has 0 aromatic heterocycles. The van der Waals surface area contributed by atoms with Crippen LogP contribution in [-0.4, -0.2) is 6.61 Å². The first-order valence-electron chi connectivity index (χ1n) is 8.21. The van der Waals surface area contributed by atoms with Gasteiger partial charge in [0.15, 0.2) is 11.6 Å². The van der Waals surface area contributed by atoms with E-state index in [9.17, 15) is 13.2 Å². The van der Waals surface area contributed by atoms with Gasteiger partial charge in [0.05, 0.1) is 6.61 Å². The lowest BCUT2D eigenvalue weighted by Gasteiger charge is -2.09. The maximum absolute atomic E-state index is 14.4. The molecule has 0 radical (unpaired) electrons. The minimum absolute atomic E-state index is 0.00247. The molecule has 1 aliphatic heterocycles. The number of rotatable bonds is 4. The van der Waals surface area contributed by atoms with E-state index in [4.69, 9.17) is 4.74 Å². The molecule has 0 saturated carbocycles. The summed E-state index contributed by atoms with van der Waals surface area (Å²) in [7, 11) is 0. The van der Waals surface area contributed by atoms with Crippen molar-refractivity contribution in [2.45, 2.75) is 6.10 Å². The number of epoxide rings is 1. The summed E-state index contributed by atoms with van der Waals surface area (Å²) in [6.45, 7) is 4.08. The van der Waals surface area contributed by atoms with Crippen LogP contribution in [0.15, 0.2) is 61.2 Å². The van der Waals surface area contributed by atoms with E-state index in [0.29, 0.717) is 23.3 Å². The average Bonchev–Trinajstić information content (AvgIpc) is 3.49. The Kier molecular flexibility index (Phi) is 4.13.